The van der Waals surface area contributed by atoms with E-state index in [1.807, 2.05) is 20.8 Å². The second-order valence-corrected chi connectivity index (χ2v) is 3.74. The van der Waals surface area contributed by atoms with Gasteiger partial charge < -0.3 is 5.32 Å². The molecule has 5 heteroatoms. The molecular weight excluding hydrogens is 238 g/mol. The van der Waals surface area contributed by atoms with E-state index < -0.39 is 11.9 Å². The van der Waals surface area contributed by atoms with Crippen molar-refractivity contribution in [1.29, 1.82) is 0 Å². The minimum Gasteiger partial charge on any atom is -0.345 e. The van der Waals surface area contributed by atoms with Crippen molar-refractivity contribution in [3.8, 4) is 0 Å². The second kappa shape index (κ2) is 11.6. The summed E-state index contributed by atoms with van der Waals surface area (Å²) in [5, 5.41) is 2.47. The lowest BCUT2D eigenvalue weighted by molar-refractivity contribution is -0.130. The second-order valence-electron chi connectivity index (χ2n) is 3.38. The van der Waals surface area contributed by atoms with Crippen molar-refractivity contribution in [2.24, 2.45) is 0 Å². The van der Waals surface area contributed by atoms with E-state index in [1.165, 1.54) is 6.92 Å². The van der Waals surface area contributed by atoms with E-state index in [0.717, 1.165) is 6.42 Å². The highest BCUT2D eigenvalue weighted by molar-refractivity contribution is 7.80. The number of rotatable bonds is 7. The van der Waals surface area contributed by atoms with Gasteiger partial charge in [-0.25, -0.2) is 0 Å². The smallest absolute Gasteiger partial charge is 0.228 e. The normalized spacial score (nSPS) is 10.9. The Morgan fingerprint density at radius 1 is 1.24 bits per heavy atom. The minimum absolute atomic E-state index is 0.100. The van der Waals surface area contributed by atoms with Crippen LogP contribution in [0.2, 0.25) is 0 Å². The number of carbonyl (C=O) groups is 3. The molecule has 0 spiro atoms. The maximum absolute atomic E-state index is 11.3. The quantitative estimate of drug-likeness (QED) is 0.542. The Morgan fingerprint density at radius 2 is 1.76 bits per heavy atom. The Hall–Kier alpha value is -0.840. The summed E-state index contributed by atoms with van der Waals surface area (Å²) in [4.78, 5) is 33.4. The summed E-state index contributed by atoms with van der Waals surface area (Å²) in [6.07, 6.45) is 0.985. The van der Waals surface area contributed by atoms with Gasteiger partial charge in [-0.15, -0.1) is 0 Å². The lowest BCUT2D eigenvalue weighted by Crippen LogP contribution is -2.41. The molecule has 0 aliphatic carbocycles. The van der Waals surface area contributed by atoms with E-state index in [2.05, 4.69) is 17.9 Å². The lowest BCUT2D eigenvalue weighted by Gasteiger charge is -2.12. The van der Waals surface area contributed by atoms with Crippen LogP contribution < -0.4 is 5.32 Å². The largest absolute Gasteiger partial charge is 0.345 e. The lowest BCUT2D eigenvalue weighted by atomic mass is 10.1. The molecule has 0 saturated heterocycles. The molecular formula is C12H23NO3S. The summed E-state index contributed by atoms with van der Waals surface area (Å²) in [5.74, 6) is -0.399. The first-order valence-corrected chi connectivity index (χ1v) is 6.56. The molecule has 0 aromatic heterocycles. The molecule has 1 N–H and O–H groups in total. The molecule has 1 atom stereocenters. The van der Waals surface area contributed by atoms with E-state index in [-0.39, 0.29) is 23.7 Å². The van der Waals surface area contributed by atoms with Crippen LogP contribution in [0, 0.1) is 0 Å². The van der Waals surface area contributed by atoms with Crippen LogP contribution in [0.25, 0.3) is 0 Å². The van der Waals surface area contributed by atoms with Gasteiger partial charge in [0.25, 0.3) is 0 Å². The number of amides is 1. The highest BCUT2D eigenvalue weighted by atomic mass is 32.1. The van der Waals surface area contributed by atoms with Gasteiger partial charge in [0.15, 0.2) is 5.78 Å². The molecule has 0 radical (unpaired) electrons. The van der Waals surface area contributed by atoms with Gasteiger partial charge >= 0.3 is 0 Å². The van der Waals surface area contributed by atoms with Gasteiger partial charge in [-0.2, -0.15) is 12.6 Å². The van der Waals surface area contributed by atoms with E-state index in [1.54, 1.807) is 0 Å². The third-order valence-corrected chi connectivity index (χ3v) is 2.26. The maximum Gasteiger partial charge on any atom is 0.228 e. The van der Waals surface area contributed by atoms with Crippen LogP contribution in [0.4, 0.5) is 0 Å². The van der Waals surface area contributed by atoms with Crippen molar-refractivity contribution >= 4 is 30.1 Å². The van der Waals surface area contributed by atoms with Gasteiger partial charge in [-0.1, -0.05) is 20.8 Å². The number of ketones is 2. The molecule has 0 aromatic carbocycles. The van der Waals surface area contributed by atoms with Crippen molar-refractivity contribution in [2.45, 2.75) is 53.0 Å². The zero-order chi connectivity index (χ0) is 13.8. The van der Waals surface area contributed by atoms with Crippen LogP contribution >= 0.6 is 12.6 Å². The Morgan fingerprint density at radius 3 is 2.12 bits per heavy atom. The molecule has 0 saturated carbocycles. The van der Waals surface area contributed by atoms with Gasteiger partial charge in [0.1, 0.15) is 5.78 Å². The van der Waals surface area contributed by atoms with Crippen molar-refractivity contribution in [3.05, 3.63) is 0 Å². The molecule has 1 amide bonds. The molecule has 0 fully saturated rings. The maximum atomic E-state index is 11.3. The first-order valence-electron chi connectivity index (χ1n) is 5.93. The summed E-state index contributed by atoms with van der Waals surface area (Å²) in [6.45, 7) is 7.26. The number of Topliss-reactive ketones (excluding diaryl/α,β-unsaturated/α-hetero) is 2. The van der Waals surface area contributed by atoms with Crippen LogP contribution in [-0.4, -0.2) is 29.3 Å². The fourth-order valence-electron chi connectivity index (χ4n) is 1.07. The molecule has 0 aliphatic rings. The molecule has 0 aromatic rings. The van der Waals surface area contributed by atoms with Crippen molar-refractivity contribution in [2.75, 3.05) is 5.75 Å². The molecule has 0 heterocycles. The standard InChI is InChI=1S/C10H17NO3S.C2H6/c1-3-4-8(13)5-10(14)11-9(6-15)7(2)12;1-2/h9,15H,3-6H2,1-2H3,(H,11,14);1-2H3/t9-;/m0./s1. The van der Waals surface area contributed by atoms with Crippen LogP contribution in [0.15, 0.2) is 0 Å². The molecule has 4 nitrogen and oxygen atoms in total. The van der Waals surface area contributed by atoms with Gasteiger partial charge in [0.05, 0.1) is 12.5 Å². The van der Waals surface area contributed by atoms with Crippen LogP contribution in [0.1, 0.15) is 47.0 Å². The van der Waals surface area contributed by atoms with E-state index in [4.69, 9.17) is 0 Å². The summed E-state index contributed by atoms with van der Waals surface area (Å²) in [7, 11) is 0. The number of hydrogen-bond acceptors (Lipinski definition) is 4. The van der Waals surface area contributed by atoms with Gasteiger partial charge in [-0.05, 0) is 13.3 Å². The van der Waals surface area contributed by atoms with Gasteiger partial charge in [0, 0.05) is 12.2 Å². The molecule has 0 bridgehead atoms. The molecule has 0 rings (SSSR count). The van der Waals surface area contributed by atoms with Crippen LogP contribution in [-0.2, 0) is 14.4 Å². The molecule has 0 unspecified atom stereocenters. The van der Waals surface area contributed by atoms with E-state index >= 15 is 0 Å². The van der Waals surface area contributed by atoms with Gasteiger partial charge in [-0.3, -0.25) is 14.4 Å². The predicted molar refractivity (Wildman–Crippen MR) is 72.3 cm³/mol. The Balaban J connectivity index is 0. The SMILES string of the molecule is CC.CCCC(=O)CC(=O)N[C@@H](CS)C(C)=O. The first-order chi connectivity index (χ1) is 8.01. The van der Waals surface area contributed by atoms with E-state index in [0.29, 0.717) is 6.42 Å². The van der Waals surface area contributed by atoms with Crippen molar-refractivity contribution in [3.63, 3.8) is 0 Å². The first kappa shape index (κ1) is 18.5. The molecule has 100 valence electrons. The average Bonchev–Trinajstić information content (AvgIpc) is 2.28. The number of hydrogen-bond donors (Lipinski definition) is 2. The van der Waals surface area contributed by atoms with Crippen molar-refractivity contribution in [1.82, 2.24) is 5.32 Å². The number of nitrogens with one attached hydrogen (secondary N) is 1. The predicted octanol–water partition coefficient (Wildman–Crippen LogP) is 1.78. The van der Waals surface area contributed by atoms with Crippen LogP contribution in [0.3, 0.4) is 0 Å². The van der Waals surface area contributed by atoms with E-state index in [9.17, 15) is 14.4 Å². The highest BCUT2D eigenvalue weighted by Crippen LogP contribution is 1.96. The third-order valence-electron chi connectivity index (χ3n) is 1.90. The summed E-state index contributed by atoms with van der Waals surface area (Å²) in [5.41, 5.74) is 0. The third kappa shape index (κ3) is 10.1. The monoisotopic (exact) mass is 261 g/mol. The number of thiol groups is 1. The fraction of sp³-hybridized carbons (Fsp3) is 0.750. The van der Waals surface area contributed by atoms with Crippen molar-refractivity contribution < 1.29 is 14.4 Å². The Bertz CT molecular complexity index is 254. The summed E-state index contributed by atoms with van der Waals surface area (Å²) < 4.78 is 0. The Labute approximate surface area is 109 Å². The topological polar surface area (TPSA) is 63.2 Å². The van der Waals surface area contributed by atoms with Gasteiger partial charge in [0.2, 0.25) is 5.91 Å². The zero-order valence-electron chi connectivity index (χ0n) is 11.1. The summed E-state index contributed by atoms with van der Waals surface area (Å²) in [6, 6.07) is -0.588. The summed E-state index contributed by atoms with van der Waals surface area (Å²) >= 11 is 3.94. The highest BCUT2D eigenvalue weighted by Gasteiger charge is 2.16. The number of carbonyl (C=O) groups excluding carboxylic acids is 3. The Kier molecular flexibility index (Phi) is 12.7. The van der Waals surface area contributed by atoms with Crippen LogP contribution in [0.5, 0.6) is 0 Å². The zero-order valence-corrected chi connectivity index (χ0v) is 12.0. The average molecular weight is 261 g/mol. The molecule has 0 aliphatic heterocycles. The molecule has 17 heavy (non-hydrogen) atoms. The minimum atomic E-state index is -0.588. The fourth-order valence-corrected chi connectivity index (χ4v) is 1.42.